The van der Waals surface area contributed by atoms with Crippen LogP contribution in [0, 0.1) is 6.92 Å². The second kappa shape index (κ2) is 3.57. The van der Waals surface area contributed by atoms with Gasteiger partial charge in [-0.05, 0) is 24.5 Å². The molecule has 0 atom stereocenters. The third-order valence-corrected chi connectivity index (χ3v) is 2.63. The Kier molecular flexibility index (Phi) is 2.39. The average Bonchev–Trinajstić information content (AvgIpc) is 2.65. The van der Waals surface area contributed by atoms with Crippen LogP contribution in [0.15, 0.2) is 16.8 Å². The molecule has 0 fully saturated rings. The molecule has 80 valence electrons. The van der Waals surface area contributed by atoms with Crippen molar-refractivity contribution in [2.75, 3.05) is 7.11 Å². The molecular weight excluding hydrogens is 190 g/mol. The van der Waals surface area contributed by atoms with Gasteiger partial charge in [-0.15, -0.1) is 0 Å². The molecule has 0 aliphatic heterocycles. The summed E-state index contributed by atoms with van der Waals surface area (Å²) in [6.45, 7) is 6.28. The van der Waals surface area contributed by atoms with Crippen LogP contribution in [0.25, 0.3) is 11.0 Å². The zero-order valence-electron chi connectivity index (χ0n) is 9.50. The first kappa shape index (κ1) is 10.0. The van der Waals surface area contributed by atoms with E-state index < -0.39 is 0 Å². The average molecular weight is 205 g/mol. The van der Waals surface area contributed by atoms with E-state index in [-0.39, 0.29) is 0 Å². The molecule has 1 heterocycles. The van der Waals surface area contributed by atoms with Crippen LogP contribution in [-0.4, -0.2) is 12.3 Å². The van der Waals surface area contributed by atoms with Crippen LogP contribution in [0.4, 0.5) is 0 Å². The van der Waals surface area contributed by atoms with Gasteiger partial charge in [-0.1, -0.05) is 19.0 Å². The summed E-state index contributed by atoms with van der Waals surface area (Å²) < 4.78 is 10.6. The molecule has 1 aromatic heterocycles. The quantitative estimate of drug-likeness (QED) is 0.754. The van der Waals surface area contributed by atoms with Crippen molar-refractivity contribution in [3.63, 3.8) is 0 Å². The number of aryl methyl sites for hydroxylation is 1. The fourth-order valence-electron chi connectivity index (χ4n) is 1.95. The Balaban J connectivity index is 2.83. The zero-order valence-corrected chi connectivity index (χ0v) is 9.50. The number of ether oxygens (including phenoxy) is 1. The molecular formula is C12H15NO2. The zero-order chi connectivity index (χ0) is 11.0. The molecule has 3 nitrogen and oxygen atoms in total. The Morgan fingerprint density at radius 3 is 2.73 bits per heavy atom. The van der Waals surface area contributed by atoms with Crippen molar-refractivity contribution < 1.29 is 9.26 Å². The molecule has 1 aromatic carbocycles. The fraction of sp³-hybridized carbons (Fsp3) is 0.417. The third kappa shape index (κ3) is 1.48. The Bertz CT molecular complexity index is 486. The molecule has 0 aliphatic carbocycles. The summed E-state index contributed by atoms with van der Waals surface area (Å²) in [5.74, 6) is 1.31. The van der Waals surface area contributed by atoms with E-state index in [0.717, 1.165) is 22.3 Å². The lowest BCUT2D eigenvalue weighted by Crippen LogP contribution is -1.96. The van der Waals surface area contributed by atoms with Crippen molar-refractivity contribution in [1.29, 1.82) is 0 Å². The van der Waals surface area contributed by atoms with Crippen molar-refractivity contribution in [2.24, 2.45) is 0 Å². The SMILES string of the molecule is COc1cc(C)c2oncc2c1C(C)C. The smallest absolute Gasteiger partial charge is 0.170 e. The van der Waals surface area contributed by atoms with E-state index in [2.05, 4.69) is 19.0 Å². The highest BCUT2D eigenvalue weighted by atomic mass is 16.5. The first-order valence-corrected chi connectivity index (χ1v) is 5.07. The Labute approximate surface area is 89.0 Å². The van der Waals surface area contributed by atoms with Crippen LogP contribution in [0.1, 0.15) is 30.9 Å². The number of nitrogens with zero attached hydrogens (tertiary/aromatic N) is 1. The normalized spacial score (nSPS) is 11.3. The first-order valence-electron chi connectivity index (χ1n) is 5.07. The summed E-state index contributed by atoms with van der Waals surface area (Å²) in [5, 5.41) is 4.91. The largest absolute Gasteiger partial charge is 0.496 e. The summed E-state index contributed by atoms with van der Waals surface area (Å²) in [6.07, 6.45) is 1.76. The molecule has 15 heavy (non-hydrogen) atoms. The maximum atomic E-state index is 5.40. The summed E-state index contributed by atoms with van der Waals surface area (Å²) in [5.41, 5.74) is 3.09. The molecule has 0 N–H and O–H groups in total. The minimum absolute atomic E-state index is 0.391. The highest BCUT2D eigenvalue weighted by Crippen LogP contribution is 2.35. The van der Waals surface area contributed by atoms with Crippen LogP contribution < -0.4 is 4.74 Å². The number of benzene rings is 1. The van der Waals surface area contributed by atoms with Crippen molar-refractivity contribution >= 4 is 11.0 Å². The van der Waals surface area contributed by atoms with Gasteiger partial charge in [0.25, 0.3) is 0 Å². The topological polar surface area (TPSA) is 35.3 Å². The van der Waals surface area contributed by atoms with E-state index in [0.29, 0.717) is 5.92 Å². The summed E-state index contributed by atoms with van der Waals surface area (Å²) in [4.78, 5) is 0. The van der Waals surface area contributed by atoms with E-state index in [1.807, 2.05) is 13.0 Å². The Hall–Kier alpha value is -1.51. The molecule has 2 rings (SSSR count). The van der Waals surface area contributed by atoms with Gasteiger partial charge in [-0.25, -0.2) is 0 Å². The first-order chi connectivity index (χ1) is 7.15. The van der Waals surface area contributed by atoms with Gasteiger partial charge in [0.15, 0.2) is 5.58 Å². The van der Waals surface area contributed by atoms with Crippen molar-refractivity contribution in [3.05, 3.63) is 23.4 Å². The lowest BCUT2D eigenvalue weighted by atomic mass is 9.96. The van der Waals surface area contributed by atoms with Gasteiger partial charge in [-0.3, -0.25) is 0 Å². The van der Waals surface area contributed by atoms with E-state index in [4.69, 9.17) is 9.26 Å². The number of fused-ring (bicyclic) bond motifs is 1. The van der Waals surface area contributed by atoms with E-state index in [1.165, 1.54) is 5.56 Å². The summed E-state index contributed by atoms with van der Waals surface area (Å²) >= 11 is 0. The van der Waals surface area contributed by atoms with E-state index in [1.54, 1.807) is 13.3 Å². The lowest BCUT2D eigenvalue weighted by Gasteiger charge is -2.13. The standard InChI is InChI=1S/C12H15NO2/c1-7(2)11-9-6-13-15-12(9)8(3)5-10(11)14-4/h5-7H,1-4H3. The number of rotatable bonds is 2. The Morgan fingerprint density at radius 2 is 2.13 bits per heavy atom. The maximum Gasteiger partial charge on any atom is 0.170 e. The van der Waals surface area contributed by atoms with Gasteiger partial charge in [-0.2, -0.15) is 0 Å². The van der Waals surface area contributed by atoms with Gasteiger partial charge >= 0.3 is 0 Å². The highest BCUT2D eigenvalue weighted by molar-refractivity contribution is 5.85. The van der Waals surface area contributed by atoms with E-state index in [9.17, 15) is 0 Å². The Morgan fingerprint density at radius 1 is 1.40 bits per heavy atom. The molecule has 0 unspecified atom stereocenters. The lowest BCUT2D eigenvalue weighted by molar-refractivity contribution is 0.407. The molecule has 0 spiro atoms. The van der Waals surface area contributed by atoms with Gasteiger partial charge in [0.2, 0.25) is 0 Å². The highest BCUT2D eigenvalue weighted by Gasteiger charge is 2.16. The van der Waals surface area contributed by atoms with Crippen molar-refractivity contribution in [1.82, 2.24) is 5.16 Å². The van der Waals surface area contributed by atoms with Gasteiger partial charge in [0, 0.05) is 10.9 Å². The molecule has 3 heteroatoms. The number of aromatic nitrogens is 1. The van der Waals surface area contributed by atoms with Crippen molar-refractivity contribution in [2.45, 2.75) is 26.7 Å². The molecule has 2 aromatic rings. The molecule has 0 aliphatic rings. The molecule has 0 radical (unpaired) electrons. The van der Waals surface area contributed by atoms with Gasteiger partial charge < -0.3 is 9.26 Å². The van der Waals surface area contributed by atoms with Gasteiger partial charge in [0.05, 0.1) is 13.3 Å². The third-order valence-electron chi connectivity index (χ3n) is 2.63. The minimum Gasteiger partial charge on any atom is -0.496 e. The number of hydrogen-bond acceptors (Lipinski definition) is 3. The second-order valence-corrected chi connectivity index (χ2v) is 4.03. The second-order valence-electron chi connectivity index (χ2n) is 4.03. The molecule has 0 bridgehead atoms. The van der Waals surface area contributed by atoms with Crippen LogP contribution in [-0.2, 0) is 0 Å². The van der Waals surface area contributed by atoms with Crippen LogP contribution in [0.5, 0.6) is 5.75 Å². The predicted octanol–water partition coefficient (Wildman–Crippen LogP) is 3.27. The van der Waals surface area contributed by atoms with Crippen LogP contribution >= 0.6 is 0 Å². The van der Waals surface area contributed by atoms with E-state index >= 15 is 0 Å². The minimum atomic E-state index is 0.391. The predicted molar refractivity (Wildman–Crippen MR) is 59.4 cm³/mol. The monoisotopic (exact) mass is 205 g/mol. The van der Waals surface area contributed by atoms with Crippen LogP contribution in [0.2, 0.25) is 0 Å². The van der Waals surface area contributed by atoms with Gasteiger partial charge in [0.1, 0.15) is 5.75 Å². The number of hydrogen-bond donors (Lipinski definition) is 0. The maximum absolute atomic E-state index is 5.40. The fourth-order valence-corrected chi connectivity index (χ4v) is 1.95. The molecule has 0 amide bonds. The number of methoxy groups -OCH3 is 1. The molecule has 0 saturated heterocycles. The van der Waals surface area contributed by atoms with Crippen molar-refractivity contribution in [3.8, 4) is 5.75 Å². The van der Waals surface area contributed by atoms with Crippen LogP contribution in [0.3, 0.4) is 0 Å². The molecule has 0 saturated carbocycles. The summed E-state index contributed by atoms with van der Waals surface area (Å²) in [7, 11) is 1.69. The summed E-state index contributed by atoms with van der Waals surface area (Å²) in [6, 6.07) is 2.00.